The van der Waals surface area contributed by atoms with Crippen molar-refractivity contribution in [3.8, 4) is 0 Å². The van der Waals surface area contributed by atoms with Crippen molar-refractivity contribution in [1.82, 2.24) is 9.55 Å². The minimum atomic E-state index is -1.84. The summed E-state index contributed by atoms with van der Waals surface area (Å²) in [7, 11) is 0. The van der Waals surface area contributed by atoms with Gasteiger partial charge in [0.05, 0.1) is 11.1 Å². The van der Waals surface area contributed by atoms with Crippen molar-refractivity contribution >= 4 is 11.7 Å². The Hall–Kier alpha value is -2.57. The average Bonchev–Trinajstić information content (AvgIpc) is 2.66. The van der Waals surface area contributed by atoms with E-state index < -0.39 is 52.4 Å². The second kappa shape index (κ2) is 5.08. The molecule has 1 saturated heterocycles. The highest BCUT2D eigenvalue weighted by atomic mass is 16.6. The van der Waals surface area contributed by atoms with Crippen LogP contribution in [0, 0.1) is 10.1 Å². The molecule has 0 aromatic carbocycles. The molecule has 21 heavy (non-hydrogen) atoms. The van der Waals surface area contributed by atoms with Gasteiger partial charge in [-0.1, -0.05) is 0 Å². The minimum absolute atomic E-state index is 0.441. The number of aliphatic carboxylic acids is 1. The summed E-state index contributed by atoms with van der Waals surface area (Å²) in [6.45, 7) is 0. The van der Waals surface area contributed by atoms with Gasteiger partial charge >= 0.3 is 22.9 Å². The summed E-state index contributed by atoms with van der Waals surface area (Å²) in [5.74, 6) is -1.59. The first kappa shape index (κ1) is 14.8. The maximum Gasteiger partial charge on any atom is 0.350 e. The number of aromatic nitrogens is 2. The Bertz CT molecular complexity index is 707. The third-order valence-corrected chi connectivity index (χ3v) is 2.90. The van der Waals surface area contributed by atoms with Crippen LogP contribution in [0.1, 0.15) is 6.23 Å². The number of hydrogen-bond donors (Lipinski definition) is 4. The quantitative estimate of drug-likeness (QED) is 0.337. The molecule has 12 heteroatoms. The third kappa shape index (κ3) is 2.42. The van der Waals surface area contributed by atoms with Crippen LogP contribution in [0.5, 0.6) is 0 Å². The van der Waals surface area contributed by atoms with Crippen LogP contribution in [0.4, 0.5) is 5.69 Å². The topological polar surface area (TPSA) is 185 Å². The molecule has 12 nitrogen and oxygen atoms in total. The minimum Gasteiger partial charge on any atom is -0.479 e. The van der Waals surface area contributed by atoms with Crippen molar-refractivity contribution in [2.24, 2.45) is 0 Å². The third-order valence-electron chi connectivity index (χ3n) is 2.90. The van der Waals surface area contributed by atoms with E-state index in [1.165, 1.54) is 0 Å². The lowest BCUT2D eigenvalue weighted by atomic mass is 10.1. The molecule has 2 rings (SSSR count). The first-order valence-corrected chi connectivity index (χ1v) is 5.48. The van der Waals surface area contributed by atoms with Crippen LogP contribution >= 0.6 is 0 Å². The molecule has 1 aliphatic heterocycles. The lowest BCUT2D eigenvalue weighted by Gasteiger charge is -2.16. The number of hydrogen-bond acceptors (Lipinski definition) is 8. The van der Waals surface area contributed by atoms with Crippen LogP contribution in [-0.2, 0) is 9.53 Å². The smallest absolute Gasteiger partial charge is 0.350 e. The van der Waals surface area contributed by atoms with Gasteiger partial charge in [-0.15, -0.1) is 0 Å². The van der Waals surface area contributed by atoms with Gasteiger partial charge in [-0.2, -0.15) is 0 Å². The van der Waals surface area contributed by atoms with Gasteiger partial charge < -0.3 is 20.1 Å². The number of aromatic amines is 1. The lowest BCUT2D eigenvalue weighted by molar-refractivity contribution is -0.387. The van der Waals surface area contributed by atoms with Crippen LogP contribution < -0.4 is 11.2 Å². The van der Waals surface area contributed by atoms with Crippen molar-refractivity contribution in [2.75, 3.05) is 0 Å². The molecule has 4 N–H and O–H groups in total. The van der Waals surface area contributed by atoms with E-state index in [2.05, 4.69) is 0 Å². The van der Waals surface area contributed by atoms with E-state index in [1.54, 1.807) is 4.98 Å². The summed E-state index contributed by atoms with van der Waals surface area (Å²) in [6.07, 6.45) is -6.67. The number of nitrogens with one attached hydrogen (secondary N) is 1. The van der Waals surface area contributed by atoms with Crippen LogP contribution in [0.3, 0.4) is 0 Å². The van der Waals surface area contributed by atoms with Gasteiger partial charge in [0.1, 0.15) is 12.2 Å². The number of nitro groups is 1. The lowest BCUT2D eigenvalue weighted by Crippen LogP contribution is -2.38. The highest BCUT2D eigenvalue weighted by molar-refractivity contribution is 5.73. The maximum atomic E-state index is 11.6. The van der Waals surface area contributed by atoms with Crippen LogP contribution in [0.25, 0.3) is 0 Å². The molecular formula is C9H9N3O9. The summed E-state index contributed by atoms with van der Waals surface area (Å²) in [6, 6.07) is 0. The summed E-state index contributed by atoms with van der Waals surface area (Å²) >= 11 is 0. The maximum absolute atomic E-state index is 11.6. The molecule has 114 valence electrons. The molecule has 0 bridgehead atoms. The number of aliphatic hydroxyl groups excluding tert-OH is 2. The number of aliphatic hydroxyl groups is 2. The molecule has 1 aromatic heterocycles. The Balaban J connectivity index is 2.50. The zero-order valence-electron chi connectivity index (χ0n) is 10.1. The van der Waals surface area contributed by atoms with Crippen molar-refractivity contribution in [3.63, 3.8) is 0 Å². The highest BCUT2D eigenvalue weighted by Crippen LogP contribution is 2.28. The molecule has 0 amide bonds. The molecular weight excluding hydrogens is 294 g/mol. The van der Waals surface area contributed by atoms with E-state index in [0.717, 1.165) is 0 Å². The SMILES string of the molecule is O=C(O)[C@H]1O[C@@H](n2cc([N+](=O)[O-])c(=O)[nH]c2=O)[C@H](O)[C@@H]1O. The largest absolute Gasteiger partial charge is 0.479 e. The Morgan fingerprint density at radius 1 is 1.38 bits per heavy atom. The average molecular weight is 303 g/mol. The second-order valence-electron chi connectivity index (χ2n) is 4.20. The molecule has 2 heterocycles. The van der Waals surface area contributed by atoms with E-state index in [1.807, 2.05) is 0 Å². The molecule has 0 saturated carbocycles. The number of carboxylic acids is 1. The van der Waals surface area contributed by atoms with Crippen molar-refractivity contribution in [3.05, 3.63) is 37.1 Å². The number of ether oxygens (including phenoxy) is 1. The summed E-state index contributed by atoms with van der Waals surface area (Å²) < 4.78 is 5.25. The molecule has 0 aliphatic carbocycles. The fraction of sp³-hybridized carbons (Fsp3) is 0.444. The monoisotopic (exact) mass is 303 g/mol. The Morgan fingerprint density at radius 2 is 2.00 bits per heavy atom. The summed E-state index contributed by atoms with van der Waals surface area (Å²) in [5.41, 5.74) is -3.42. The Labute approximate surface area is 114 Å². The van der Waals surface area contributed by atoms with Gasteiger partial charge in [-0.25, -0.2) is 9.59 Å². The zero-order chi connectivity index (χ0) is 15.9. The van der Waals surface area contributed by atoms with Crippen molar-refractivity contribution in [2.45, 2.75) is 24.5 Å². The van der Waals surface area contributed by atoms with E-state index in [4.69, 9.17) is 9.84 Å². The fourth-order valence-electron chi connectivity index (χ4n) is 1.89. The standard InChI is InChI=1S/C9H9N3O9/c13-3-4(14)7(21-5(3)8(16)17)11-1-2(12(19)20)6(15)10-9(11)18/h1,3-5,7,13-14H,(H,16,17)(H,10,15,18)/t3-,4+,5-,7+/m0/s1. The summed E-state index contributed by atoms with van der Waals surface area (Å²) in [4.78, 5) is 44.8. The molecule has 1 aliphatic rings. The van der Waals surface area contributed by atoms with Crippen molar-refractivity contribution in [1.29, 1.82) is 0 Å². The molecule has 1 fully saturated rings. The predicted molar refractivity (Wildman–Crippen MR) is 61.5 cm³/mol. The van der Waals surface area contributed by atoms with Crippen molar-refractivity contribution < 1.29 is 29.8 Å². The summed E-state index contributed by atoms with van der Waals surface area (Å²) in [5, 5.41) is 38.6. The molecule has 4 atom stereocenters. The van der Waals surface area contributed by atoms with Crippen LogP contribution in [0.15, 0.2) is 15.8 Å². The molecule has 1 aromatic rings. The van der Waals surface area contributed by atoms with Gasteiger partial charge in [0.2, 0.25) is 0 Å². The van der Waals surface area contributed by atoms with Gasteiger partial charge in [-0.05, 0) is 0 Å². The second-order valence-corrected chi connectivity index (χ2v) is 4.20. The fourth-order valence-corrected chi connectivity index (χ4v) is 1.89. The van der Waals surface area contributed by atoms with E-state index in [0.29, 0.717) is 10.8 Å². The van der Waals surface area contributed by atoms with E-state index >= 15 is 0 Å². The van der Waals surface area contributed by atoms with Crippen LogP contribution in [0.2, 0.25) is 0 Å². The number of carboxylic acid groups (broad SMARTS) is 1. The van der Waals surface area contributed by atoms with E-state index in [9.17, 15) is 34.7 Å². The van der Waals surface area contributed by atoms with Gasteiger partial charge in [0.25, 0.3) is 0 Å². The first-order valence-electron chi connectivity index (χ1n) is 5.48. The van der Waals surface area contributed by atoms with Gasteiger partial charge in [-0.3, -0.25) is 24.5 Å². The highest BCUT2D eigenvalue weighted by Gasteiger charge is 2.48. The first-order chi connectivity index (χ1) is 9.73. The molecule has 0 radical (unpaired) electrons. The van der Waals surface area contributed by atoms with E-state index in [-0.39, 0.29) is 0 Å². The molecule has 0 spiro atoms. The number of carbonyl (C=O) groups is 1. The number of nitrogens with zero attached hydrogens (tertiary/aromatic N) is 2. The predicted octanol–water partition coefficient (Wildman–Crippen LogP) is -2.85. The van der Waals surface area contributed by atoms with Gasteiger partial charge in [0, 0.05) is 0 Å². The van der Waals surface area contributed by atoms with Gasteiger partial charge in [0.15, 0.2) is 12.3 Å². The number of rotatable bonds is 3. The number of H-pyrrole nitrogens is 1. The Kier molecular flexibility index (Phi) is 3.59. The molecule has 0 unspecified atom stereocenters. The Morgan fingerprint density at radius 3 is 2.48 bits per heavy atom. The normalized spacial score (nSPS) is 28.5. The van der Waals surface area contributed by atoms with Crippen LogP contribution in [-0.4, -0.2) is 54.1 Å². The zero-order valence-corrected chi connectivity index (χ0v) is 10.1.